The first-order valence-electron chi connectivity index (χ1n) is 9.06. The zero-order valence-corrected chi connectivity index (χ0v) is 14.3. The van der Waals surface area contributed by atoms with E-state index in [9.17, 15) is 18.0 Å². The van der Waals surface area contributed by atoms with E-state index < -0.39 is 12.1 Å². The number of amides is 1. The Morgan fingerprint density at radius 2 is 1.80 bits per heavy atom. The SMILES string of the molecule is O=C(CN1CCCC1Cc1ccccc1)N1CCCC(C(F)(F)F)C1. The third-order valence-corrected chi connectivity index (χ3v) is 5.39. The lowest BCUT2D eigenvalue weighted by Crippen LogP contribution is -2.48. The van der Waals surface area contributed by atoms with Crippen molar-refractivity contribution in [2.45, 2.75) is 44.3 Å². The van der Waals surface area contributed by atoms with Crippen molar-refractivity contribution in [1.82, 2.24) is 9.80 Å². The molecule has 1 aromatic carbocycles. The van der Waals surface area contributed by atoms with E-state index in [0.29, 0.717) is 19.0 Å². The van der Waals surface area contributed by atoms with Crippen LogP contribution in [0.5, 0.6) is 0 Å². The maximum Gasteiger partial charge on any atom is 0.393 e. The first-order chi connectivity index (χ1) is 11.9. The quantitative estimate of drug-likeness (QED) is 0.826. The number of carbonyl (C=O) groups excluding carboxylic acids is 1. The van der Waals surface area contributed by atoms with E-state index in [1.54, 1.807) is 0 Å². The van der Waals surface area contributed by atoms with Crippen LogP contribution in [0.15, 0.2) is 30.3 Å². The fourth-order valence-corrected chi connectivity index (χ4v) is 3.97. The van der Waals surface area contributed by atoms with E-state index in [1.165, 1.54) is 10.5 Å². The summed E-state index contributed by atoms with van der Waals surface area (Å²) in [6, 6.07) is 10.4. The number of alkyl halides is 3. The summed E-state index contributed by atoms with van der Waals surface area (Å²) in [6.45, 7) is 1.35. The second-order valence-electron chi connectivity index (χ2n) is 7.18. The molecule has 2 unspecified atom stereocenters. The lowest BCUT2D eigenvalue weighted by atomic mass is 9.97. The maximum atomic E-state index is 12.9. The van der Waals surface area contributed by atoms with Crippen molar-refractivity contribution < 1.29 is 18.0 Å². The Bertz CT molecular complexity index is 576. The highest BCUT2D eigenvalue weighted by atomic mass is 19.4. The van der Waals surface area contributed by atoms with Gasteiger partial charge in [0.15, 0.2) is 0 Å². The molecular formula is C19H25F3N2O. The minimum atomic E-state index is -4.21. The zero-order chi connectivity index (χ0) is 17.9. The standard InChI is InChI=1S/C19H25F3N2O/c20-19(21,22)16-8-4-11-24(13-16)18(25)14-23-10-5-9-17(23)12-15-6-2-1-3-7-15/h1-3,6-7,16-17H,4-5,8-14H2. The van der Waals surface area contributed by atoms with Gasteiger partial charge in [-0.1, -0.05) is 30.3 Å². The molecule has 0 radical (unpaired) electrons. The third-order valence-electron chi connectivity index (χ3n) is 5.39. The molecule has 0 bridgehead atoms. The minimum absolute atomic E-state index is 0.133. The van der Waals surface area contributed by atoms with E-state index in [4.69, 9.17) is 0 Å². The van der Waals surface area contributed by atoms with Gasteiger partial charge in [-0.05, 0) is 44.2 Å². The van der Waals surface area contributed by atoms with Crippen LogP contribution in [-0.4, -0.2) is 54.1 Å². The predicted molar refractivity (Wildman–Crippen MR) is 90.1 cm³/mol. The molecule has 2 heterocycles. The number of hydrogen-bond acceptors (Lipinski definition) is 2. The molecule has 1 aromatic rings. The number of halogens is 3. The number of nitrogens with zero attached hydrogens (tertiary/aromatic N) is 2. The molecule has 25 heavy (non-hydrogen) atoms. The first-order valence-corrected chi connectivity index (χ1v) is 9.06. The van der Waals surface area contributed by atoms with E-state index in [-0.39, 0.29) is 25.4 Å². The Kier molecular flexibility index (Phi) is 5.67. The summed E-state index contributed by atoms with van der Waals surface area (Å²) in [5.41, 5.74) is 1.24. The fraction of sp³-hybridized carbons (Fsp3) is 0.632. The summed E-state index contributed by atoms with van der Waals surface area (Å²) in [4.78, 5) is 16.1. The molecule has 0 aromatic heterocycles. The van der Waals surface area contributed by atoms with Crippen LogP contribution in [0.25, 0.3) is 0 Å². The van der Waals surface area contributed by atoms with Crippen molar-refractivity contribution in [3.8, 4) is 0 Å². The molecule has 2 atom stereocenters. The van der Waals surface area contributed by atoms with Gasteiger partial charge >= 0.3 is 6.18 Å². The molecular weight excluding hydrogens is 329 g/mol. The molecule has 2 saturated heterocycles. The first kappa shape index (κ1) is 18.2. The predicted octanol–water partition coefficient (Wildman–Crippen LogP) is 3.49. The van der Waals surface area contributed by atoms with Crippen molar-refractivity contribution in [3.63, 3.8) is 0 Å². The van der Waals surface area contributed by atoms with Gasteiger partial charge in [-0.15, -0.1) is 0 Å². The third kappa shape index (κ3) is 4.75. The van der Waals surface area contributed by atoms with E-state index in [1.807, 2.05) is 18.2 Å². The van der Waals surface area contributed by atoms with Crippen LogP contribution >= 0.6 is 0 Å². The maximum absolute atomic E-state index is 12.9. The fourth-order valence-electron chi connectivity index (χ4n) is 3.97. The van der Waals surface area contributed by atoms with Crippen LogP contribution in [0.2, 0.25) is 0 Å². The summed E-state index contributed by atoms with van der Waals surface area (Å²) in [6.07, 6.45) is -0.679. The Morgan fingerprint density at radius 3 is 2.52 bits per heavy atom. The smallest absolute Gasteiger partial charge is 0.341 e. The molecule has 0 spiro atoms. The van der Waals surface area contributed by atoms with Crippen LogP contribution in [0.1, 0.15) is 31.2 Å². The Morgan fingerprint density at radius 1 is 1.08 bits per heavy atom. The Labute approximate surface area is 146 Å². The lowest BCUT2D eigenvalue weighted by Gasteiger charge is -2.35. The molecule has 0 N–H and O–H groups in total. The topological polar surface area (TPSA) is 23.6 Å². The van der Waals surface area contributed by atoms with Gasteiger partial charge < -0.3 is 4.90 Å². The molecule has 2 aliphatic rings. The molecule has 3 rings (SSSR count). The molecule has 138 valence electrons. The van der Waals surface area contributed by atoms with Gasteiger partial charge in [0.1, 0.15) is 0 Å². The van der Waals surface area contributed by atoms with Gasteiger partial charge in [-0.25, -0.2) is 0 Å². The molecule has 0 aliphatic carbocycles. The lowest BCUT2D eigenvalue weighted by molar-refractivity contribution is -0.188. The largest absolute Gasteiger partial charge is 0.393 e. The molecule has 2 fully saturated rings. The van der Waals surface area contributed by atoms with Crippen LogP contribution in [0.4, 0.5) is 13.2 Å². The number of likely N-dealkylation sites (tertiary alicyclic amines) is 2. The van der Waals surface area contributed by atoms with E-state index in [0.717, 1.165) is 25.8 Å². The van der Waals surface area contributed by atoms with Crippen molar-refractivity contribution >= 4 is 5.91 Å². The van der Waals surface area contributed by atoms with Gasteiger partial charge in [0.05, 0.1) is 12.5 Å². The van der Waals surface area contributed by atoms with E-state index >= 15 is 0 Å². The van der Waals surface area contributed by atoms with Gasteiger partial charge in [0.25, 0.3) is 0 Å². The van der Waals surface area contributed by atoms with Gasteiger partial charge in [0.2, 0.25) is 5.91 Å². The summed E-state index contributed by atoms with van der Waals surface area (Å²) in [5.74, 6) is -1.53. The Hall–Kier alpha value is -1.56. The van der Waals surface area contributed by atoms with Crippen LogP contribution in [0, 0.1) is 5.92 Å². The molecule has 0 saturated carbocycles. The summed E-state index contributed by atoms with van der Waals surface area (Å²) in [5, 5.41) is 0. The summed E-state index contributed by atoms with van der Waals surface area (Å²) < 4.78 is 38.8. The number of piperidine rings is 1. The van der Waals surface area contributed by atoms with Crippen molar-refractivity contribution in [1.29, 1.82) is 0 Å². The normalized spacial score (nSPS) is 25.3. The highest BCUT2D eigenvalue weighted by Gasteiger charge is 2.43. The van der Waals surface area contributed by atoms with Crippen LogP contribution in [0.3, 0.4) is 0 Å². The number of rotatable bonds is 4. The van der Waals surface area contributed by atoms with Crippen molar-refractivity contribution in [2.24, 2.45) is 5.92 Å². The van der Waals surface area contributed by atoms with Gasteiger partial charge in [-0.2, -0.15) is 13.2 Å². The van der Waals surface area contributed by atoms with Crippen LogP contribution in [-0.2, 0) is 11.2 Å². The average Bonchev–Trinajstić information content (AvgIpc) is 3.02. The molecule has 2 aliphatic heterocycles. The monoisotopic (exact) mass is 354 g/mol. The summed E-state index contributed by atoms with van der Waals surface area (Å²) in [7, 11) is 0. The van der Waals surface area contributed by atoms with Crippen molar-refractivity contribution in [3.05, 3.63) is 35.9 Å². The Balaban J connectivity index is 1.56. The van der Waals surface area contributed by atoms with Gasteiger partial charge in [0, 0.05) is 19.1 Å². The van der Waals surface area contributed by atoms with Gasteiger partial charge in [-0.3, -0.25) is 9.69 Å². The molecule has 1 amide bonds. The average molecular weight is 354 g/mol. The summed E-state index contributed by atoms with van der Waals surface area (Å²) >= 11 is 0. The minimum Gasteiger partial charge on any atom is -0.341 e. The van der Waals surface area contributed by atoms with Crippen molar-refractivity contribution in [2.75, 3.05) is 26.2 Å². The van der Waals surface area contributed by atoms with Crippen LogP contribution < -0.4 is 0 Å². The number of carbonyl (C=O) groups is 1. The molecule has 6 heteroatoms. The molecule has 3 nitrogen and oxygen atoms in total. The zero-order valence-electron chi connectivity index (χ0n) is 14.3. The number of benzene rings is 1. The second-order valence-corrected chi connectivity index (χ2v) is 7.18. The highest BCUT2D eigenvalue weighted by molar-refractivity contribution is 5.78. The highest BCUT2D eigenvalue weighted by Crippen LogP contribution is 2.33. The number of hydrogen-bond donors (Lipinski definition) is 0. The second kappa shape index (κ2) is 7.77. The van der Waals surface area contributed by atoms with E-state index in [2.05, 4.69) is 17.0 Å².